The number of hydrogen-bond acceptors (Lipinski definition) is 4. The molecule has 0 N–H and O–H groups in total. The number of thioether (sulfide) groups is 1. The van der Waals surface area contributed by atoms with Crippen molar-refractivity contribution in [3.05, 3.63) is 64.9 Å². The summed E-state index contributed by atoms with van der Waals surface area (Å²) in [5, 5.41) is 14.4. The molecule has 2 aromatic carbocycles. The average Bonchev–Trinajstić information content (AvgIpc) is 2.58. The van der Waals surface area contributed by atoms with Gasteiger partial charge >= 0.3 is 0 Å². The number of hydroxylamine groups is 2. The van der Waals surface area contributed by atoms with Gasteiger partial charge < -0.3 is 15.0 Å². The molecule has 1 aliphatic heterocycles. The van der Waals surface area contributed by atoms with Gasteiger partial charge in [0.2, 0.25) is 0 Å². The van der Waals surface area contributed by atoms with Crippen LogP contribution < -0.4 is 4.74 Å². The van der Waals surface area contributed by atoms with Gasteiger partial charge in [0.05, 0.1) is 12.0 Å². The zero-order valence-corrected chi connectivity index (χ0v) is 13.9. The minimum Gasteiger partial charge on any atom is -0.784 e. The van der Waals surface area contributed by atoms with E-state index in [1.165, 1.54) is 9.96 Å². The zero-order valence-electron chi connectivity index (χ0n) is 13.1. The maximum Gasteiger partial charge on any atom is 0.124 e. The van der Waals surface area contributed by atoms with Gasteiger partial charge in [-0.15, -0.1) is 0 Å². The van der Waals surface area contributed by atoms with Crippen molar-refractivity contribution in [1.29, 1.82) is 0 Å². The zero-order chi connectivity index (χ0) is 15.7. The lowest BCUT2D eigenvalue weighted by atomic mass is 9.98. The fourth-order valence-electron chi connectivity index (χ4n) is 3.14. The van der Waals surface area contributed by atoms with E-state index >= 15 is 0 Å². The number of rotatable bonds is 3. The molecule has 0 radical (unpaired) electrons. The number of benzene rings is 2. The van der Waals surface area contributed by atoms with Gasteiger partial charge in [0.15, 0.2) is 0 Å². The van der Waals surface area contributed by atoms with Gasteiger partial charge in [0, 0.05) is 16.5 Å². The van der Waals surface area contributed by atoms with E-state index in [0.717, 1.165) is 16.9 Å². The normalized spacial score (nSPS) is 24.8. The van der Waals surface area contributed by atoms with Crippen LogP contribution in [0.5, 0.6) is 5.75 Å². The molecular formula is C18H20NO2S-. The SMILES string of the molecule is CCC1(c2ccccc2OC)Sc2ccccc2C(C)N1[O-]. The molecule has 0 spiro atoms. The van der Waals surface area contributed by atoms with Crippen LogP contribution in [-0.2, 0) is 4.87 Å². The second kappa shape index (κ2) is 5.95. The fourth-order valence-corrected chi connectivity index (χ4v) is 4.68. The first-order valence-corrected chi connectivity index (χ1v) is 8.33. The molecule has 1 heterocycles. The van der Waals surface area contributed by atoms with Gasteiger partial charge in [-0.3, -0.25) is 0 Å². The van der Waals surface area contributed by atoms with Crippen molar-refractivity contribution in [3.8, 4) is 5.75 Å². The second-order valence-electron chi connectivity index (χ2n) is 5.48. The van der Waals surface area contributed by atoms with Crippen LogP contribution >= 0.6 is 11.8 Å². The number of ether oxygens (including phenoxy) is 1. The molecule has 0 saturated heterocycles. The van der Waals surface area contributed by atoms with Gasteiger partial charge in [-0.2, -0.15) is 0 Å². The van der Waals surface area contributed by atoms with Crippen molar-refractivity contribution < 1.29 is 4.74 Å². The second-order valence-corrected chi connectivity index (χ2v) is 6.80. The molecular weight excluding hydrogens is 294 g/mol. The van der Waals surface area contributed by atoms with E-state index in [2.05, 4.69) is 13.0 Å². The van der Waals surface area contributed by atoms with Crippen molar-refractivity contribution in [2.45, 2.75) is 36.1 Å². The van der Waals surface area contributed by atoms with E-state index in [9.17, 15) is 5.21 Å². The topological polar surface area (TPSA) is 35.5 Å². The van der Waals surface area contributed by atoms with Crippen molar-refractivity contribution >= 4 is 11.8 Å². The Labute approximate surface area is 135 Å². The lowest BCUT2D eigenvalue weighted by Gasteiger charge is -2.55. The highest BCUT2D eigenvalue weighted by atomic mass is 32.2. The molecule has 0 saturated carbocycles. The van der Waals surface area contributed by atoms with E-state index in [-0.39, 0.29) is 6.04 Å². The monoisotopic (exact) mass is 314 g/mol. The molecule has 2 unspecified atom stereocenters. The first-order valence-electron chi connectivity index (χ1n) is 7.52. The van der Waals surface area contributed by atoms with Crippen molar-refractivity contribution in [2.24, 2.45) is 0 Å². The van der Waals surface area contributed by atoms with Gasteiger partial charge in [-0.25, -0.2) is 0 Å². The third-order valence-electron chi connectivity index (χ3n) is 4.36. The first kappa shape index (κ1) is 15.4. The molecule has 3 rings (SSSR count). The van der Waals surface area contributed by atoms with E-state index in [0.29, 0.717) is 6.42 Å². The van der Waals surface area contributed by atoms with Gasteiger partial charge in [-0.1, -0.05) is 55.1 Å². The summed E-state index contributed by atoms with van der Waals surface area (Å²) in [6.45, 7) is 4.04. The minimum atomic E-state index is -0.652. The third-order valence-corrected chi connectivity index (χ3v) is 5.98. The summed E-state index contributed by atoms with van der Waals surface area (Å²) in [6.07, 6.45) is 0.709. The predicted octanol–water partition coefficient (Wildman–Crippen LogP) is 4.92. The summed E-state index contributed by atoms with van der Waals surface area (Å²) in [4.78, 5) is 0.523. The van der Waals surface area contributed by atoms with Crippen LogP contribution in [0.4, 0.5) is 0 Å². The summed E-state index contributed by atoms with van der Waals surface area (Å²) < 4.78 is 5.52. The molecule has 0 amide bonds. The Kier molecular flexibility index (Phi) is 4.17. The Balaban J connectivity index is 2.18. The fraction of sp³-hybridized carbons (Fsp3) is 0.333. The molecule has 0 fully saturated rings. The van der Waals surface area contributed by atoms with Crippen LogP contribution in [0.1, 0.15) is 37.4 Å². The molecule has 22 heavy (non-hydrogen) atoms. The summed E-state index contributed by atoms with van der Waals surface area (Å²) >= 11 is 1.63. The maximum atomic E-state index is 13.1. The average molecular weight is 314 g/mol. The molecule has 1 aliphatic rings. The van der Waals surface area contributed by atoms with E-state index < -0.39 is 4.87 Å². The quantitative estimate of drug-likeness (QED) is 0.805. The Morgan fingerprint density at radius 3 is 2.59 bits per heavy atom. The van der Waals surface area contributed by atoms with Crippen LogP contribution in [0.2, 0.25) is 0 Å². The lowest BCUT2D eigenvalue weighted by molar-refractivity contribution is 0.170. The highest BCUT2D eigenvalue weighted by Crippen LogP contribution is 2.56. The number of para-hydroxylation sites is 1. The summed E-state index contributed by atoms with van der Waals surface area (Å²) in [5.74, 6) is 0.768. The molecule has 2 atom stereocenters. The van der Waals surface area contributed by atoms with Crippen LogP contribution in [-0.4, -0.2) is 12.2 Å². The Morgan fingerprint density at radius 2 is 1.86 bits per heavy atom. The van der Waals surface area contributed by atoms with Crippen molar-refractivity contribution in [3.63, 3.8) is 0 Å². The molecule has 0 aliphatic carbocycles. The highest BCUT2D eigenvalue weighted by Gasteiger charge is 2.41. The Morgan fingerprint density at radius 1 is 1.18 bits per heavy atom. The Bertz CT molecular complexity index is 676. The lowest BCUT2D eigenvalue weighted by Crippen LogP contribution is -2.43. The molecule has 3 nitrogen and oxygen atoms in total. The van der Waals surface area contributed by atoms with E-state index in [1.54, 1.807) is 18.9 Å². The van der Waals surface area contributed by atoms with Crippen LogP contribution in [0.3, 0.4) is 0 Å². The smallest absolute Gasteiger partial charge is 0.124 e. The first-order chi connectivity index (χ1) is 10.6. The number of methoxy groups -OCH3 is 1. The number of fused-ring (bicyclic) bond motifs is 1. The number of hydrogen-bond donors (Lipinski definition) is 0. The van der Waals surface area contributed by atoms with E-state index in [4.69, 9.17) is 4.74 Å². The summed E-state index contributed by atoms with van der Waals surface area (Å²) in [5.41, 5.74) is 2.04. The van der Waals surface area contributed by atoms with Gasteiger partial charge in [-0.05, 0) is 31.0 Å². The molecule has 4 heteroatoms. The largest absolute Gasteiger partial charge is 0.784 e. The van der Waals surface area contributed by atoms with E-state index in [1.807, 2.05) is 49.4 Å². The predicted molar refractivity (Wildman–Crippen MR) is 90.9 cm³/mol. The molecule has 0 aromatic heterocycles. The van der Waals surface area contributed by atoms with Gasteiger partial charge in [0.25, 0.3) is 0 Å². The molecule has 2 aromatic rings. The highest BCUT2D eigenvalue weighted by molar-refractivity contribution is 8.00. The van der Waals surface area contributed by atoms with Crippen molar-refractivity contribution in [2.75, 3.05) is 7.11 Å². The maximum absolute atomic E-state index is 13.1. The molecule has 116 valence electrons. The van der Waals surface area contributed by atoms with Crippen LogP contribution in [0.15, 0.2) is 53.4 Å². The van der Waals surface area contributed by atoms with Crippen LogP contribution in [0.25, 0.3) is 0 Å². The van der Waals surface area contributed by atoms with Crippen molar-refractivity contribution in [1.82, 2.24) is 5.06 Å². The minimum absolute atomic E-state index is 0.178. The summed E-state index contributed by atoms with van der Waals surface area (Å²) in [6, 6.07) is 15.8. The summed E-state index contributed by atoms with van der Waals surface area (Å²) in [7, 11) is 1.65. The van der Waals surface area contributed by atoms with Crippen LogP contribution in [0, 0.1) is 5.21 Å². The number of nitrogens with zero attached hydrogens (tertiary/aromatic N) is 1. The Hall–Kier alpha value is -1.49. The van der Waals surface area contributed by atoms with Gasteiger partial charge in [0.1, 0.15) is 5.75 Å². The third kappa shape index (κ3) is 2.22. The molecule has 0 bridgehead atoms. The standard InChI is InChI=1S/C18H20NO2S/c1-4-18(15-10-6-7-11-16(15)21-3)19(20)13(2)14-9-5-8-12-17(14)22-18/h5-13H,4H2,1-3H3/q-1.